The zero-order valence-electron chi connectivity index (χ0n) is 16.0. The molecule has 1 aliphatic rings. The fourth-order valence-electron chi connectivity index (χ4n) is 4.26. The molecule has 3 heterocycles. The van der Waals surface area contributed by atoms with Crippen molar-refractivity contribution in [2.75, 3.05) is 11.9 Å². The summed E-state index contributed by atoms with van der Waals surface area (Å²) in [6, 6.07) is 6.44. The molecule has 1 fully saturated rings. The highest BCUT2D eigenvalue weighted by atomic mass is 16.1. The molecule has 0 aliphatic heterocycles. The fraction of sp³-hybridized carbons (Fsp3) is 0.381. The van der Waals surface area contributed by atoms with E-state index in [-0.39, 0.29) is 12.6 Å². The average Bonchev–Trinajstić information content (AvgIpc) is 3.50. The average molecular weight is 387 g/mol. The van der Waals surface area contributed by atoms with Gasteiger partial charge in [-0.25, -0.2) is 4.52 Å². The second-order valence-electron chi connectivity index (χ2n) is 7.33. The third kappa shape index (κ3) is 3.57. The molecular formula is C21H21N7O. The lowest BCUT2D eigenvalue weighted by Crippen LogP contribution is -2.17. The highest BCUT2D eigenvalue weighted by Gasteiger charge is 2.27. The van der Waals surface area contributed by atoms with Gasteiger partial charge in [-0.3, -0.25) is 4.68 Å². The quantitative estimate of drug-likeness (QED) is 0.622. The van der Waals surface area contributed by atoms with Crippen LogP contribution in [0, 0.1) is 28.6 Å². The van der Waals surface area contributed by atoms with Gasteiger partial charge in [0.25, 0.3) is 0 Å². The highest BCUT2D eigenvalue weighted by Crippen LogP contribution is 2.37. The summed E-state index contributed by atoms with van der Waals surface area (Å²) in [4.78, 5) is 10.6. The Morgan fingerprint density at radius 1 is 1.24 bits per heavy atom. The summed E-state index contributed by atoms with van der Waals surface area (Å²) in [6.07, 6.45) is 12.9. The minimum absolute atomic E-state index is 0.0521. The molecule has 1 N–H and O–H groups in total. The number of carbonyl (C=O) groups is 1. The van der Waals surface area contributed by atoms with Gasteiger partial charge in [-0.15, -0.1) is 0 Å². The third-order valence-electron chi connectivity index (χ3n) is 5.62. The van der Waals surface area contributed by atoms with Gasteiger partial charge in [-0.1, -0.05) is 12.8 Å². The van der Waals surface area contributed by atoms with Crippen LogP contribution in [0.5, 0.6) is 0 Å². The molecule has 0 saturated heterocycles. The van der Waals surface area contributed by atoms with Crippen molar-refractivity contribution in [2.24, 2.45) is 5.92 Å². The van der Waals surface area contributed by atoms with Crippen molar-refractivity contribution < 1.29 is 4.79 Å². The zero-order valence-corrected chi connectivity index (χ0v) is 16.0. The normalized spacial score (nSPS) is 15.1. The minimum atomic E-state index is 0.0521. The Kier molecular flexibility index (Phi) is 5.26. The Bertz CT molecular complexity index is 1110. The van der Waals surface area contributed by atoms with E-state index in [0.29, 0.717) is 17.9 Å². The van der Waals surface area contributed by atoms with Crippen LogP contribution in [-0.4, -0.2) is 32.2 Å². The van der Waals surface area contributed by atoms with Gasteiger partial charge in [0.1, 0.15) is 12.4 Å². The van der Waals surface area contributed by atoms with Crippen molar-refractivity contribution in [3.05, 3.63) is 36.4 Å². The molecule has 0 aromatic carbocycles. The molecule has 1 saturated carbocycles. The largest absolute Gasteiger partial charge is 0.377 e. The SMILES string of the molecule is N#CCC(C1CCCC1)n1cc(-c2c(C#N)cnn3cc(NCC=O)cc23)cn1. The molecule has 3 aromatic heterocycles. The smallest absolute Gasteiger partial charge is 0.139 e. The predicted octanol–water partition coefficient (Wildman–Crippen LogP) is 3.33. The second kappa shape index (κ2) is 8.15. The number of rotatable bonds is 7. The minimum Gasteiger partial charge on any atom is -0.377 e. The lowest BCUT2D eigenvalue weighted by atomic mass is 9.96. The Morgan fingerprint density at radius 2 is 2.07 bits per heavy atom. The molecule has 1 unspecified atom stereocenters. The van der Waals surface area contributed by atoms with Crippen LogP contribution in [0.1, 0.15) is 43.7 Å². The molecule has 0 amide bonds. The Hall–Kier alpha value is -3.65. The van der Waals surface area contributed by atoms with Gasteiger partial charge in [-0.2, -0.15) is 20.7 Å². The Balaban J connectivity index is 1.76. The summed E-state index contributed by atoms with van der Waals surface area (Å²) in [6.45, 7) is 0.201. The molecular weight excluding hydrogens is 366 g/mol. The second-order valence-corrected chi connectivity index (χ2v) is 7.33. The van der Waals surface area contributed by atoms with Crippen LogP contribution < -0.4 is 5.32 Å². The van der Waals surface area contributed by atoms with Gasteiger partial charge < -0.3 is 10.1 Å². The van der Waals surface area contributed by atoms with Crippen molar-refractivity contribution >= 4 is 17.5 Å². The van der Waals surface area contributed by atoms with Crippen molar-refractivity contribution in [1.29, 1.82) is 10.5 Å². The molecule has 8 nitrogen and oxygen atoms in total. The van der Waals surface area contributed by atoms with Crippen molar-refractivity contribution in [2.45, 2.75) is 38.1 Å². The number of hydrogen-bond acceptors (Lipinski definition) is 6. The summed E-state index contributed by atoms with van der Waals surface area (Å²) in [7, 11) is 0. The summed E-state index contributed by atoms with van der Waals surface area (Å²) in [5, 5.41) is 30.8. The lowest BCUT2D eigenvalue weighted by molar-refractivity contribution is -0.106. The number of nitrogens with zero attached hydrogens (tertiary/aromatic N) is 6. The number of fused-ring (bicyclic) bond motifs is 1. The number of aldehydes is 1. The van der Waals surface area contributed by atoms with E-state index in [1.807, 2.05) is 16.9 Å². The van der Waals surface area contributed by atoms with Gasteiger partial charge in [0.2, 0.25) is 0 Å². The van der Waals surface area contributed by atoms with Crippen molar-refractivity contribution in [3.8, 4) is 23.3 Å². The molecule has 4 rings (SSSR count). The van der Waals surface area contributed by atoms with Crippen molar-refractivity contribution in [1.82, 2.24) is 19.4 Å². The van der Waals surface area contributed by atoms with Crippen LogP contribution in [0.4, 0.5) is 5.69 Å². The first kappa shape index (κ1) is 18.7. The zero-order chi connectivity index (χ0) is 20.2. The summed E-state index contributed by atoms with van der Waals surface area (Å²) in [5.74, 6) is 0.461. The molecule has 1 atom stereocenters. The molecule has 1 aliphatic carbocycles. The van der Waals surface area contributed by atoms with Crippen LogP contribution in [0.15, 0.2) is 30.9 Å². The van der Waals surface area contributed by atoms with Crippen LogP contribution >= 0.6 is 0 Å². The summed E-state index contributed by atoms with van der Waals surface area (Å²) in [5.41, 5.74) is 3.52. The van der Waals surface area contributed by atoms with Crippen LogP contribution in [-0.2, 0) is 4.79 Å². The Labute approximate surface area is 168 Å². The maximum absolute atomic E-state index is 10.6. The molecule has 3 aromatic rings. The topological polar surface area (TPSA) is 112 Å². The first-order chi connectivity index (χ1) is 14.2. The van der Waals surface area contributed by atoms with Gasteiger partial charge in [0.15, 0.2) is 0 Å². The fourth-order valence-corrected chi connectivity index (χ4v) is 4.26. The lowest BCUT2D eigenvalue weighted by Gasteiger charge is -2.21. The van der Waals surface area contributed by atoms with E-state index in [0.717, 1.165) is 41.5 Å². The van der Waals surface area contributed by atoms with Gasteiger partial charge >= 0.3 is 0 Å². The monoisotopic (exact) mass is 387 g/mol. The molecule has 8 heteroatoms. The number of hydrogen-bond donors (Lipinski definition) is 1. The third-order valence-corrected chi connectivity index (χ3v) is 5.62. The maximum Gasteiger partial charge on any atom is 0.139 e. The molecule has 0 radical (unpaired) electrons. The summed E-state index contributed by atoms with van der Waals surface area (Å²) < 4.78 is 3.57. The maximum atomic E-state index is 10.6. The first-order valence-corrected chi connectivity index (χ1v) is 9.75. The molecule has 0 bridgehead atoms. The Morgan fingerprint density at radius 3 is 2.79 bits per heavy atom. The van der Waals surface area contributed by atoms with Crippen LogP contribution in [0.25, 0.3) is 16.6 Å². The van der Waals surface area contributed by atoms with E-state index in [1.54, 1.807) is 16.9 Å². The van der Waals surface area contributed by atoms with Crippen LogP contribution in [0.3, 0.4) is 0 Å². The first-order valence-electron chi connectivity index (χ1n) is 9.75. The number of nitrogens with one attached hydrogen (secondary N) is 1. The molecule has 0 spiro atoms. The number of carbonyl (C=O) groups excluding carboxylic acids is 1. The van der Waals surface area contributed by atoms with E-state index in [9.17, 15) is 15.3 Å². The van der Waals surface area contributed by atoms with E-state index >= 15 is 0 Å². The van der Waals surface area contributed by atoms with Crippen molar-refractivity contribution in [3.63, 3.8) is 0 Å². The number of aromatic nitrogens is 4. The van der Waals surface area contributed by atoms with Gasteiger partial charge in [0, 0.05) is 17.3 Å². The summed E-state index contributed by atoms with van der Waals surface area (Å²) >= 11 is 0. The van der Waals surface area contributed by atoms with E-state index < -0.39 is 0 Å². The molecule has 29 heavy (non-hydrogen) atoms. The standard InChI is InChI=1S/C21H21N7O/c22-6-5-19(15-3-1-2-4-15)27-13-17(12-26-27)21-16(10-23)11-25-28-14-18(9-20(21)28)24-7-8-29/h8-9,11-15,19,24H,1-5,7H2. The van der Waals surface area contributed by atoms with E-state index in [2.05, 4.69) is 27.7 Å². The van der Waals surface area contributed by atoms with E-state index in [4.69, 9.17) is 0 Å². The number of anilines is 1. The highest BCUT2D eigenvalue weighted by molar-refractivity contribution is 5.86. The van der Waals surface area contributed by atoms with Gasteiger partial charge in [0.05, 0.1) is 60.4 Å². The predicted molar refractivity (Wildman–Crippen MR) is 107 cm³/mol. The van der Waals surface area contributed by atoms with E-state index in [1.165, 1.54) is 19.0 Å². The van der Waals surface area contributed by atoms with Gasteiger partial charge in [-0.05, 0) is 24.8 Å². The number of nitriles is 2. The van der Waals surface area contributed by atoms with Crippen LogP contribution in [0.2, 0.25) is 0 Å². The molecule has 146 valence electrons.